The van der Waals surface area contributed by atoms with Crippen molar-refractivity contribution in [2.24, 2.45) is 0 Å². The Bertz CT molecular complexity index is 998. The van der Waals surface area contributed by atoms with Gasteiger partial charge in [-0.25, -0.2) is 0 Å². The second-order valence-electron chi connectivity index (χ2n) is 23.1. The average Bonchev–Trinajstić information content (AvgIpc) is 3.41. The van der Waals surface area contributed by atoms with Crippen molar-refractivity contribution in [1.82, 2.24) is 0 Å². The molecule has 0 aliphatic heterocycles. The van der Waals surface area contributed by atoms with Crippen molar-refractivity contribution in [3.63, 3.8) is 0 Å². The SMILES string of the molecule is C1CCC(P(CCP(C2CCCCC2)C2CCCCC2)C2CCCCC2)CC1.CC(C)P(C(C)C)C(C)C.CCOP(OCC)OCC.CCP(CC)CC.CCP(CC)CCP(CC)CC.CP(C)CCP(C)C. The predicted octanol–water partition coefficient (Wildman–Crippen LogP) is 24.3. The van der Waals surface area contributed by atoms with Gasteiger partial charge in [0.05, 0.1) is 19.8 Å². The zero-order valence-electron chi connectivity index (χ0n) is 54.7. The van der Waals surface area contributed by atoms with Gasteiger partial charge in [-0.2, -0.15) is 0 Å². The highest BCUT2D eigenvalue weighted by Crippen LogP contribution is 2.61. The molecule has 4 aliphatic carbocycles. The summed E-state index contributed by atoms with van der Waals surface area (Å²) in [7, 11) is 1.94. The lowest BCUT2D eigenvalue weighted by Gasteiger charge is -2.42. The number of hydrogen-bond donors (Lipinski definition) is 0. The molecule has 0 heterocycles. The molecule has 0 atom stereocenters. The molecule has 4 saturated carbocycles. The van der Waals surface area contributed by atoms with Crippen LogP contribution in [0.25, 0.3) is 0 Å². The largest absolute Gasteiger partial charge is 0.332 e. The first-order chi connectivity index (χ1) is 36.0. The van der Waals surface area contributed by atoms with Crippen LogP contribution in [-0.4, -0.2) is 166 Å². The Labute approximate surface area is 487 Å². The summed E-state index contributed by atoms with van der Waals surface area (Å²) in [6.07, 6.45) is 51.2. The van der Waals surface area contributed by atoms with Crippen LogP contribution in [0.1, 0.15) is 239 Å². The van der Waals surface area contributed by atoms with E-state index < -0.39 is 8.60 Å². The molecule has 454 valence electrons. The first-order valence-corrected chi connectivity index (χ1v) is 48.9. The van der Waals surface area contributed by atoms with Crippen molar-refractivity contribution in [3.05, 3.63) is 0 Å². The third-order valence-corrected chi connectivity index (χ3v) is 39.7. The Morgan fingerprint density at radius 3 is 0.680 bits per heavy atom. The van der Waals surface area contributed by atoms with E-state index >= 15 is 0 Å². The maximum atomic E-state index is 5.14. The van der Waals surface area contributed by atoms with Gasteiger partial charge in [-0.05, 0) is 219 Å². The van der Waals surface area contributed by atoms with Gasteiger partial charge in [0.2, 0.25) is 0 Å². The predicted molar refractivity (Wildman–Crippen MR) is 377 cm³/mol. The summed E-state index contributed by atoms with van der Waals surface area (Å²) in [4.78, 5) is 0. The minimum Gasteiger partial charge on any atom is -0.313 e. The van der Waals surface area contributed by atoms with E-state index in [0.717, 1.165) is 17.0 Å². The molecule has 0 unspecified atom stereocenters. The van der Waals surface area contributed by atoms with Gasteiger partial charge in [0.1, 0.15) is 0 Å². The normalized spacial score (nSPS) is 17.4. The zero-order valence-corrected chi connectivity index (χ0v) is 62.8. The fraction of sp³-hybridized carbons (Fsp3) is 1.00. The molecule has 0 amide bonds. The monoisotopic (exact) mass is 1220 g/mol. The molecule has 3 nitrogen and oxygen atoms in total. The molecule has 4 rings (SSSR count). The minimum absolute atomic E-state index is 0.262. The first kappa shape index (κ1) is 80.8. The molecule has 0 bridgehead atoms. The van der Waals surface area contributed by atoms with Crippen LogP contribution in [0.3, 0.4) is 0 Å². The summed E-state index contributed by atoms with van der Waals surface area (Å²) in [5.74, 6) is 0. The highest BCUT2D eigenvalue weighted by molar-refractivity contribution is 7.63. The zero-order chi connectivity index (χ0) is 56.8. The second kappa shape index (κ2) is 55.6. The Hall–Kier alpha value is 3.75. The summed E-state index contributed by atoms with van der Waals surface area (Å²) in [6.45, 7) is 47.5. The molecule has 12 heteroatoms. The van der Waals surface area contributed by atoms with Crippen LogP contribution in [-0.2, 0) is 13.6 Å². The van der Waals surface area contributed by atoms with Crippen LogP contribution in [0.4, 0.5) is 0 Å². The van der Waals surface area contributed by atoms with E-state index in [0.29, 0.717) is 75.3 Å². The van der Waals surface area contributed by atoms with E-state index in [9.17, 15) is 0 Å². The number of hydrogen-bond acceptors (Lipinski definition) is 3. The Balaban J connectivity index is 0. The first-order valence-electron chi connectivity index (χ1n) is 32.4. The summed E-state index contributed by atoms with van der Waals surface area (Å²) >= 11 is 0. The Kier molecular flexibility index (Phi) is 59.9. The van der Waals surface area contributed by atoms with E-state index in [4.69, 9.17) is 13.6 Å². The van der Waals surface area contributed by atoms with Gasteiger partial charge in [0.25, 0.3) is 0 Å². The third kappa shape index (κ3) is 43.1. The molecule has 4 aliphatic rings. The van der Waals surface area contributed by atoms with Gasteiger partial charge in [0, 0.05) is 0 Å². The summed E-state index contributed by atoms with van der Waals surface area (Å²) < 4.78 is 15.4. The minimum atomic E-state index is -1.06. The van der Waals surface area contributed by atoms with Crippen LogP contribution < -0.4 is 0 Å². The summed E-state index contributed by atoms with van der Waals surface area (Å²) in [6, 6.07) is 0. The van der Waals surface area contributed by atoms with Crippen molar-refractivity contribution in [1.29, 1.82) is 0 Å². The van der Waals surface area contributed by atoms with Crippen molar-refractivity contribution >= 4 is 72.0 Å². The van der Waals surface area contributed by atoms with Crippen LogP contribution >= 0.6 is 72.0 Å². The molecule has 0 aromatic rings. The van der Waals surface area contributed by atoms with Crippen LogP contribution in [0.2, 0.25) is 0 Å². The molecule has 0 spiro atoms. The van der Waals surface area contributed by atoms with Crippen LogP contribution in [0.5, 0.6) is 0 Å². The molecule has 4 fully saturated rings. The molecule has 0 aromatic carbocycles. The van der Waals surface area contributed by atoms with Gasteiger partial charge < -0.3 is 13.6 Å². The fourth-order valence-corrected chi connectivity index (χ4v) is 33.9. The van der Waals surface area contributed by atoms with Crippen molar-refractivity contribution in [3.8, 4) is 0 Å². The van der Waals surface area contributed by atoms with Crippen molar-refractivity contribution < 1.29 is 13.6 Å². The van der Waals surface area contributed by atoms with E-state index in [2.05, 4.69) is 117 Å². The van der Waals surface area contributed by atoms with E-state index in [1.54, 1.807) is 153 Å². The lowest BCUT2D eigenvalue weighted by molar-refractivity contribution is 0.176. The summed E-state index contributed by atoms with van der Waals surface area (Å²) in [5, 5.41) is 0. The van der Waals surface area contributed by atoms with Gasteiger partial charge in [-0.15, -0.1) is 39.6 Å². The van der Waals surface area contributed by atoms with Gasteiger partial charge in [-0.3, -0.25) is 0 Å². The van der Waals surface area contributed by atoms with Crippen LogP contribution in [0, 0.1) is 0 Å². The van der Waals surface area contributed by atoms with Gasteiger partial charge in [0.15, 0.2) is 0 Å². The fourth-order valence-electron chi connectivity index (χ4n) is 11.9. The smallest absolute Gasteiger partial charge is 0.313 e. The average molecular weight is 1220 g/mol. The highest BCUT2D eigenvalue weighted by atomic mass is 31.2. The molecule has 0 N–H and O–H groups in total. The Morgan fingerprint density at radius 2 is 0.533 bits per heavy atom. The molecular weight excluding hydrogens is 1080 g/mol. The Morgan fingerprint density at radius 1 is 0.307 bits per heavy atom. The topological polar surface area (TPSA) is 27.7 Å². The highest BCUT2D eigenvalue weighted by Gasteiger charge is 2.35. The van der Waals surface area contributed by atoms with E-state index in [-0.39, 0.29) is 7.92 Å². The van der Waals surface area contributed by atoms with E-state index in [1.165, 1.54) is 78.1 Å². The lowest BCUT2D eigenvalue weighted by atomic mass is 9.99. The molecule has 0 radical (unpaired) electrons. The van der Waals surface area contributed by atoms with E-state index in [1.807, 2.05) is 20.8 Å². The standard InChI is InChI=1S/C26H48P2.C10H24P2.C9H21P.C6H15O3P.C6H16P2.C6H15P/c1-5-13-23(14-6-1)27(24-15-7-2-8-16-24)21-22-28(25-17-9-3-10-18-25)26-19-11-4-12-20-26;1-5-11(6-2)9-10-12(7-3)8-4;1-7(2)10(8(3)4)9(5)6;1-4-7-10(8-5-2)9-6-3;1-7(2)5-6-8(3)4;1-4-7(5-2)6-3/h23-26H,1-22H2;5-10H2,1-4H3;7-9H,1-6H3;4-6H2,1-3H3;5-6H2,1-4H3;4-6H2,1-3H3. The van der Waals surface area contributed by atoms with Gasteiger partial charge in [-0.1, -0.05) is 191 Å². The molecule has 75 heavy (non-hydrogen) atoms. The number of rotatable bonds is 29. The van der Waals surface area contributed by atoms with Crippen molar-refractivity contribution in [2.75, 3.05) is 127 Å². The lowest BCUT2D eigenvalue weighted by Crippen LogP contribution is -2.26. The second-order valence-corrected chi connectivity index (χ2v) is 48.8. The molecule has 0 saturated heterocycles. The van der Waals surface area contributed by atoms with Crippen LogP contribution in [0.15, 0.2) is 0 Å². The van der Waals surface area contributed by atoms with Gasteiger partial charge >= 0.3 is 8.60 Å². The third-order valence-electron chi connectivity index (χ3n) is 16.1. The van der Waals surface area contributed by atoms with Crippen molar-refractivity contribution in [2.45, 2.75) is 279 Å². The maximum Gasteiger partial charge on any atom is 0.332 e. The summed E-state index contributed by atoms with van der Waals surface area (Å²) in [5.41, 5.74) is 7.42. The quantitative estimate of drug-likeness (QED) is 0.0699. The maximum absolute atomic E-state index is 5.14. The molecule has 0 aromatic heterocycles. The molecular formula is C63H139O3P9.